The van der Waals surface area contributed by atoms with Gasteiger partial charge in [-0.15, -0.1) is 0 Å². The molecule has 3 rings (SSSR count). The van der Waals surface area contributed by atoms with Crippen LogP contribution in [0.5, 0.6) is 0 Å². The van der Waals surface area contributed by atoms with Crippen LogP contribution in [0.3, 0.4) is 0 Å². The molecule has 0 spiro atoms. The average molecular weight is 294 g/mol. The predicted molar refractivity (Wildman–Crippen MR) is 79.1 cm³/mol. The highest BCUT2D eigenvalue weighted by molar-refractivity contribution is 5.12. The number of nitrogens with zero attached hydrogens (tertiary/aromatic N) is 1. The highest BCUT2D eigenvalue weighted by atomic mass is 16.5. The molecule has 1 saturated heterocycles. The average Bonchev–Trinajstić information content (AvgIpc) is 2.90. The molecule has 1 aliphatic heterocycles. The fourth-order valence-electron chi connectivity index (χ4n) is 3.38. The summed E-state index contributed by atoms with van der Waals surface area (Å²) < 4.78 is 10.7. The van der Waals surface area contributed by atoms with Crippen LogP contribution in [-0.2, 0) is 17.6 Å². The number of aromatic nitrogens is 1. The Bertz CT molecular complexity index is 436. The van der Waals surface area contributed by atoms with Gasteiger partial charge < -0.3 is 19.7 Å². The van der Waals surface area contributed by atoms with Gasteiger partial charge in [0, 0.05) is 18.9 Å². The molecule has 0 amide bonds. The van der Waals surface area contributed by atoms with Crippen LogP contribution in [0.1, 0.15) is 43.6 Å². The van der Waals surface area contributed by atoms with E-state index in [-0.39, 0.29) is 12.1 Å². The maximum atomic E-state index is 8.93. The van der Waals surface area contributed by atoms with Crippen molar-refractivity contribution in [3.8, 4) is 0 Å². The van der Waals surface area contributed by atoms with E-state index in [0.29, 0.717) is 6.42 Å². The standard InChI is InChI=1S/C16H26N2O3/c19-7-6-15-8-14(18-21-15)9-16(11-20-12-16)17-10-13-4-2-1-3-5-13/h8,13,17,19H,1-7,9-12H2. The van der Waals surface area contributed by atoms with Gasteiger partial charge in [0.15, 0.2) is 0 Å². The molecule has 2 N–H and O–H groups in total. The number of hydrogen-bond acceptors (Lipinski definition) is 5. The first kappa shape index (κ1) is 15.0. The highest BCUT2D eigenvalue weighted by Gasteiger charge is 2.39. The first-order valence-corrected chi connectivity index (χ1v) is 8.18. The maximum Gasteiger partial charge on any atom is 0.139 e. The van der Waals surface area contributed by atoms with E-state index in [1.165, 1.54) is 32.1 Å². The van der Waals surface area contributed by atoms with Crippen LogP contribution < -0.4 is 5.32 Å². The van der Waals surface area contributed by atoms with Gasteiger partial charge >= 0.3 is 0 Å². The molecule has 1 aromatic rings. The van der Waals surface area contributed by atoms with Crippen molar-refractivity contribution in [2.75, 3.05) is 26.4 Å². The molecule has 0 atom stereocenters. The minimum atomic E-state index is 0.0325. The van der Waals surface area contributed by atoms with E-state index >= 15 is 0 Å². The summed E-state index contributed by atoms with van der Waals surface area (Å²) in [7, 11) is 0. The van der Waals surface area contributed by atoms with Crippen LogP contribution in [0, 0.1) is 5.92 Å². The largest absolute Gasteiger partial charge is 0.396 e. The van der Waals surface area contributed by atoms with Gasteiger partial charge in [0.2, 0.25) is 0 Å². The second-order valence-corrected chi connectivity index (χ2v) is 6.59. The van der Waals surface area contributed by atoms with E-state index in [9.17, 15) is 0 Å². The van der Waals surface area contributed by atoms with E-state index in [4.69, 9.17) is 14.4 Å². The van der Waals surface area contributed by atoms with Crippen LogP contribution in [0.4, 0.5) is 0 Å². The van der Waals surface area contributed by atoms with Crippen LogP contribution in [0.25, 0.3) is 0 Å². The van der Waals surface area contributed by atoms with Gasteiger partial charge in [-0.3, -0.25) is 0 Å². The van der Waals surface area contributed by atoms with Crippen LogP contribution in [0.2, 0.25) is 0 Å². The van der Waals surface area contributed by atoms with Gasteiger partial charge in [-0.1, -0.05) is 24.4 Å². The monoisotopic (exact) mass is 294 g/mol. The number of aliphatic hydroxyl groups is 1. The Morgan fingerprint density at radius 2 is 2.10 bits per heavy atom. The second kappa shape index (κ2) is 6.90. The van der Waals surface area contributed by atoms with Crippen molar-refractivity contribution in [3.05, 3.63) is 17.5 Å². The summed E-state index contributed by atoms with van der Waals surface area (Å²) in [4.78, 5) is 0. The summed E-state index contributed by atoms with van der Waals surface area (Å²) in [6, 6.07) is 1.96. The second-order valence-electron chi connectivity index (χ2n) is 6.59. The van der Waals surface area contributed by atoms with Crippen LogP contribution in [0.15, 0.2) is 10.6 Å². The number of ether oxygens (including phenoxy) is 1. The Morgan fingerprint density at radius 3 is 2.76 bits per heavy atom. The topological polar surface area (TPSA) is 67.5 Å². The zero-order chi connectivity index (χ0) is 14.5. The highest BCUT2D eigenvalue weighted by Crippen LogP contribution is 2.26. The molecule has 1 saturated carbocycles. The molecule has 1 aliphatic carbocycles. The third-order valence-corrected chi connectivity index (χ3v) is 4.73. The minimum absolute atomic E-state index is 0.0325. The molecule has 0 bridgehead atoms. The Hall–Kier alpha value is -0.910. The lowest BCUT2D eigenvalue weighted by Gasteiger charge is -2.43. The Morgan fingerprint density at radius 1 is 1.29 bits per heavy atom. The fourth-order valence-corrected chi connectivity index (χ4v) is 3.38. The molecule has 0 aromatic carbocycles. The van der Waals surface area contributed by atoms with Gasteiger partial charge in [-0.2, -0.15) is 0 Å². The third kappa shape index (κ3) is 3.84. The van der Waals surface area contributed by atoms with E-state index in [0.717, 1.165) is 43.6 Å². The number of hydrogen-bond donors (Lipinski definition) is 2. The van der Waals surface area contributed by atoms with Crippen molar-refractivity contribution in [2.45, 2.75) is 50.5 Å². The maximum absolute atomic E-state index is 8.93. The smallest absolute Gasteiger partial charge is 0.139 e. The summed E-state index contributed by atoms with van der Waals surface area (Å²) >= 11 is 0. The Labute approximate surface area is 126 Å². The molecule has 0 radical (unpaired) electrons. The quantitative estimate of drug-likeness (QED) is 0.801. The summed E-state index contributed by atoms with van der Waals surface area (Å²) in [5, 5.41) is 16.8. The molecule has 1 aromatic heterocycles. The molecule has 0 unspecified atom stereocenters. The molecule has 21 heavy (non-hydrogen) atoms. The molecule has 5 heteroatoms. The van der Waals surface area contributed by atoms with E-state index < -0.39 is 0 Å². The zero-order valence-electron chi connectivity index (χ0n) is 12.6. The lowest BCUT2D eigenvalue weighted by atomic mass is 9.86. The first-order valence-electron chi connectivity index (χ1n) is 8.18. The van der Waals surface area contributed by atoms with Crippen molar-refractivity contribution < 1.29 is 14.4 Å². The lowest BCUT2D eigenvalue weighted by Crippen LogP contribution is -2.62. The molecule has 2 heterocycles. The predicted octanol–water partition coefficient (Wildman–Crippen LogP) is 1.69. The zero-order valence-corrected chi connectivity index (χ0v) is 12.6. The summed E-state index contributed by atoms with van der Waals surface area (Å²) in [6.07, 6.45) is 8.24. The van der Waals surface area contributed by atoms with Gasteiger partial charge in [0.05, 0.1) is 31.1 Å². The van der Waals surface area contributed by atoms with Crippen molar-refractivity contribution in [2.24, 2.45) is 5.92 Å². The number of aliphatic hydroxyl groups excluding tert-OH is 1. The first-order chi connectivity index (χ1) is 10.3. The van der Waals surface area contributed by atoms with Gasteiger partial charge in [-0.05, 0) is 25.3 Å². The van der Waals surface area contributed by atoms with Crippen molar-refractivity contribution in [3.63, 3.8) is 0 Å². The Balaban J connectivity index is 1.52. The number of rotatable bonds is 7. The Kier molecular flexibility index (Phi) is 4.93. The normalized spacial score (nSPS) is 22.1. The van der Waals surface area contributed by atoms with Crippen molar-refractivity contribution >= 4 is 0 Å². The van der Waals surface area contributed by atoms with Crippen LogP contribution >= 0.6 is 0 Å². The molecule has 5 nitrogen and oxygen atoms in total. The van der Waals surface area contributed by atoms with Crippen molar-refractivity contribution in [1.82, 2.24) is 10.5 Å². The third-order valence-electron chi connectivity index (χ3n) is 4.73. The summed E-state index contributed by atoms with van der Waals surface area (Å²) in [6.45, 7) is 2.69. The van der Waals surface area contributed by atoms with E-state index in [1.54, 1.807) is 0 Å². The molecular formula is C16H26N2O3. The lowest BCUT2D eigenvalue weighted by molar-refractivity contribution is -0.0764. The van der Waals surface area contributed by atoms with Gasteiger partial charge in [0.1, 0.15) is 5.76 Å². The van der Waals surface area contributed by atoms with Crippen molar-refractivity contribution in [1.29, 1.82) is 0 Å². The van der Waals surface area contributed by atoms with Gasteiger partial charge in [0.25, 0.3) is 0 Å². The van der Waals surface area contributed by atoms with E-state index in [1.807, 2.05) is 6.07 Å². The van der Waals surface area contributed by atoms with E-state index in [2.05, 4.69) is 10.5 Å². The fraction of sp³-hybridized carbons (Fsp3) is 0.812. The molecule has 2 fully saturated rings. The van der Waals surface area contributed by atoms with Gasteiger partial charge in [-0.25, -0.2) is 0 Å². The SMILES string of the molecule is OCCc1cc(CC2(NCC3CCCCC3)COC2)no1. The summed E-state index contributed by atoms with van der Waals surface area (Å²) in [5.74, 6) is 1.58. The molecular weight excluding hydrogens is 268 g/mol. The number of nitrogens with one attached hydrogen (secondary N) is 1. The van der Waals surface area contributed by atoms with Crippen LogP contribution in [-0.4, -0.2) is 42.2 Å². The summed E-state index contributed by atoms with van der Waals surface area (Å²) in [5.41, 5.74) is 0.989. The molecule has 2 aliphatic rings. The minimum Gasteiger partial charge on any atom is -0.396 e. The molecule has 118 valence electrons.